The van der Waals surface area contributed by atoms with Crippen LogP contribution in [0.5, 0.6) is 0 Å². The zero-order valence-electron chi connectivity index (χ0n) is 9.43. The molecule has 1 heteroatoms. The maximum atomic E-state index is 2.28. The third-order valence-corrected chi connectivity index (χ3v) is 2.96. The van der Waals surface area contributed by atoms with Gasteiger partial charge in [-0.2, -0.15) is 0 Å². The quantitative estimate of drug-likeness (QED) is 0.617. The number of benzene rings is 2. The predicted octanol–water partition coefficient (Wildman–Crippen LogP) is 3.46. The number of rotatable bonds is 1. The van der Waals surface area contributed by atoms with Crippen LogP contribution in [0.1, 0.15) is 22.6 Å². The van der Waals surface area contributed by atoms with Gasteiger partial charge in [0.25, 0.3) is 0 Å². The van der Waals surface area contributed by atoms with Gasteiger partial charge in [-0.25, -0.2) is 0 Å². The van der Waals surface area contributed by atoms with E-state index in [-0.39, 0.29) is 18.9 Å². The van der Waals surface area contributed by atoms with Crippen molar-refractivity contribution in [2.45, 2.75) is 5.92 Å². The zero-order valence-corrected chi connectivity index (χ0v) is 9.43. The topological polar surface area (TPSA) is 0 Å². The monoisotopic (exact) mass is 199 g/mol. The molecule has 0 aromatic heterocycles. The summed E-state index contributed by atoms with van der Waals surface area (Å²) in [6.07, 6.45) is 4.49. The van der Waals surface area contributed by atoms with Gasteiger partial charge in [-0.3, -0.25) is 0 Å². The van der Waals surface area contributed by atoms with Crippen molar-refractivity contribution in [1.29, 1.82) is 0 Å². The normalized spacial score (nSPS) is 16.6. The van der Waals surface area contributed by atoms with Crippen LogP contribution < -0.4 is 0 Å². The first-order chi connectivity index (χ1) is 7.45. The maximum absolute atomic E-state index is 2.28. The summed E-state index contributed by atoms with van der Waals surface area (Å²) in [5, 5.41) is 0. The first-order valence-corrected chi connectivity index (χ1v) is 5.27. The van der Waals surface area contributed by atoms with E-state index in [1.165, 1.54) is 16.7 Å². The van der Waals surface area contributed by atoms with E-state index in [1.54, 1.807) is 0 Å². The van der Waals surface area contributed by atoms with Gasteiger partial charge in [0, 0.05) is 24.8 Å². The van der Waals surface area contributed by atoms with Gasteiger partial charge in [-0.05, 0) is 16.7 Å². The molecule has 0 saturated heterocycles. The smallest absolute Gasteiger partial charge is 0.0278 e. The van der Waals surface area contributed by atoms with Crippen LogP contribution in [0.2, 0.25) is 0 Å². The molecule has 0 amide bonds. The fourth-order valence-corrected chi connectivity index (χ4v) is 2.20. The van der Waals surface area contributed by atoms with E-state index in [0.717, 1.165) is 0 Å². The van der Waals surface area contributed by atoms with Crippen molar-refractivity contribution in [3.63, 3.8) is 0 Å². The molecule has 3 rings (SSSR count). The minimum Gasteiger partial charge on any atom is -0.0720 e. The second kappa shape index (κ2) is 4.74. The Morgan fingerprint density at radius 1 is 0.750 bits per heavy atom. The van der Waals surface area contributed by atoms with Crippen LogP contribution in [0, 0.1) is 0 Å². The zero-order chi connectivity index (χ0) is 10.1. The van der Waals surface area contributed by atoms with Crippen molar-refractivity contribution < 1.29 is 0 Å². The number of allylic oxidation sites excluding steroid dienone is 1. The summed E-state index contributed by atoms with van der Waals surface area (Å²) >= 11 is 0. The Hall–Kier alpha value is -1.22. The van der Waals surface area contributed by atoms with Crippen molar-refractivity contribution in [2.75, 3.05) is 0 Å². The second-order valence-corrected chi connectivity index (χ2v) is 3.88. The molecule has 2 aromatic rings. The van der Waals surface area contributed by atoms with Crippen LogP contribution in [0.25, 0.3) is 6.08 Å². The van der Waals surface area contributed by atoms with Crippen LogP contribution in [0.4, 0.5) is 0 Å². The molecule has 1 aliphatic rings. The molecule has 1 radical (unpaired) electrons. The number of hydrogen-bond acceptors (Lipinski definition) is 0. The van der Waals surface area contributed by atoms with E-state index in [1.807, 2.05) is 0 Å². The molecular weight excluding hydrogens is 187 g/mol. The summed E-state index contributed by atoms with van der Waals surface area (Å²) < 4.78 is 0. The Bertz CT molecular complexity index is 500. The molecule has 73 valence electrons. The third-order valence-electron chi connectivity index (χ3n) is 2.96. The molecule has 0 nitrogen and oxygen atoms in total. The van der Waals surface area contributed by atoms with Crippen LogP contribution >= 0.6 is 0 Å². The molecular formula is C15H12Li. The summed E-state index contributed by atoms with van der Waals surface area (Å²) in [4.78, 5) is 0. The van der Waals surface area contributed by atoms with Gasteiger partial charge in [-0.1, -0.05) is 66.7 Å². The molecule has 16 heavy (non-hydrogen) atoms. The summed E-state index contributed by atoms with van der Waals surface area (Å²) in [6, 6.07) is 19.2. The van der Waals surface area contributed by atoms with Gasteiger partial charge < -0.3 is 0 Å². The van der Waals surface area contributed by atoms with E-state index in [0.29, 0.717) is 5.92 Å². The van der Waals surface area contributed by atoms with E-state index in [2.05, 4.69) is 66.7 Å². The average molecular weight is 199 g/mol. The Morgan fingerprint density at radius 3 is 2.25 bits per heavy atom. The third kappa shape index (κ3) is 1.87. The summed E-state index contributed by atoms with van der Waals surface area (Å²) in [5.41, 5.74) is 4.15. The van der Waals surface area contributed by atoms with Gasteiger partial charge in [0.05, 0.1) is 0 Å². The summed E-state index contributed by atoms with van der Waals surface area (Å²) in [6.45, 7) is 0. The van der Waals surface area contributed by atoms with Gasteiger partial charge in [0.1, 0.15) is 0 Å². The van der Waals surface area contributed by atoms with Crippen LogP contribution in [-0.4, -0.2) is 18.9 Å². The van der Waals surface area contributed by atoms with Crippen molar-refractivity contribution in [1.82, 2.24) is 0 Å². The van der Waals surface area contributed by atoms with Crippen molar-refractivity contribution in [3.8, 4) is 0 Å². The van der Waals surface area contributed by atoms with Gasteiger partial charge >= 0.3 is 0 Å². The predicted molar refractivity (Wildman–Crippen MR) is 69.5 cm³/mol. The number of hydrogen-bond donors (Lipinski definition) is 0. The van der Waals surface area contributed by atoms with Crippen LogP contribution in [0.15, 0.2) is 60.7 Å². The van der Waals surface area contributed by atoms with Gasteiger partial charge in [0.15, 0.2) is 0 Å². The van der Waals surface area contributed by atoms with Crippen LogP contribution in [-0.2, 0) is 0 Å². The van der Waals surface area contributed by atoms with Crippen LogP contribution in [0.3, 0.4) is 0 Å². The molecule has 0 fully saturated rings. The molecule has 0 aliphatic heterocycles. The largest absolute Gasteiger partial charge is 0.0720 e. The van der Waals surface area contributed by atoms with Gasteiger partial charge in [-0.15, -0.1) is 0 Å². The molecule has 0 bridgehead atoms. The molecule has 1 atom stereocenters. The van der Waals surface area contributed by atoms with E-state index >= 15 is 0 Å². The van der Waals surface area contributed by atoms with E-state index in [4.69, 9.17) is 0 Å². The number of fused-ring (bicyclic) bond motifs is 1. The summed E-state index contributed by atoms with van der Waals surface area (Å²) in [7, 11) is 0. The minimum atomic E-state index is 0. The SMILES string of the molecule is C1=CC(c2ccccc2)c2ccccc21.[Li]. The van der Waals surface area contributed by atoms with Crippen molar-refractivity contribution in [3.05, 3.63) is 77.4 Å². The van der Waals surface area contributed by atoms with Crippen molar-refractivity contribution >= 4 is 24.9 Å². The molecule has 2 aromatic carbocycles. The molecule has 0 heterocycles. The molecule has 1 unspecified atom stereocenters. The molecule has 1 aliphatic carbocycles. The second-order valence-electron chi connectivity index (χ2n) is 3.88. The van der Waals surface area contributed by atoms with E-state index in [9.17, 15) is 0 Å². The Balaban J connectivity index is 0.000000963. The molecule has 0 N–H and O–H groups in total. The standard InChI is InChI=1S/C15H12.Li/c1-2-6-12(7-3-1)15-11-10-13-8-4-5-9-14(13)15;/h1-11,15H;. The minimum absolute atomic E-state index is 0. The molecule has 0 spiro atoms. The maximum Gasteiger partial charge on any atom is 0.0278 e. The van der Waals surface area contributed by atoms with Gasteiger partial charge in [0.2, 0.25) is 0 Å². The average Bonchev–Trinajstić information content (AvgIpc) is 2.74. The Labute approximate surface area is 108 Å². The first kappa shape index (κ1) is 11.3. The Kier molecular flexibility index (Phi) is 3.34. The summed E-state index contributed by atoms with van der Waals surface area (Å²) in [5.74, 6) is 0.447. The molecule has 0 saturated carbocycles. The fraction of sp³-hybridized carbons (Fsp3) is 0.0667. The Morgan fingerprint density at radius 2 is 1.44 bits per heavy atom. The first-order valence-electron chi connectivity index (χ1n) is 5.27. The van der Waals surface area contributed by atoms with Crippen molar-refractivity contribution in [2.24, 2.45) is 0 Å². The fourth-order valence-electron chi connectivity index (χ4n) is 2.20. The van der Waals surface area contributed by atoms with E-state index < -0.39 is 0 Å².